The maximum Gasteiger partial charge on any atom is 0.190 e. The number of aromatic nitrogens is 1. The second-order valence-corrected chi connectivity index (χ2v) is 4.51. The number of ketones is 1. The van der Waals surface area contributed by atoms with Gasteiger partial charge in [-0.1, -0.05) is 0 Å². The molecule has 1 aromatic heterocycles. The van der Waals surface area contributed by atoms with Crippen LogP contribution >= 0.6 is 0 Å². The highest BCUT2D eigenvalue weighted by atomic mass is 16.5. The molecule has 3 heteroatoms. The molecule has 0 bridgehead atoms. The molecule has 0 fully saturated rings. The Labute approximate surface area is 90.5 Å². The van der Waals surface area contributed by atoms with E-state index < -0.39 is 0 Å². The number of hydrogen-bond donors (Lipinski definition) is 0. The molecule has 0 aliphatic heterocycles. The van der Waals surface area contributed by atoms with Gasteiger partial charge in [0.05, 0.1) is 5.60 Å². The lowest BCUT2D eigenvalue weighted by atomic mass is 10.1. The van der Waals surface area contributed by atoms with Gasteiger partial charge in [0.2, 0.25) is 0 Å². The first kappa shape index (κ1) is 11.9. The molecule has 0 saturated carbocycles. The largest absolute Gasteiger partial charge is 0.368 e. The van der Waals surface area contributed by atoms with Crippen LogP contribution in [0.2, 0.25) is 0 Å². The van der Waals surface area contributed by atoms with E-state index in [1.165, 1.54) is 0 Å². The van der Waals surface area contributed by atoms with Gasteiger partial charge in [0.15, 0.2) is 5.78 Å². The van der Waals surface area contributed by atoms with Gasteiger partial charge in [0.1, 0.15) is 6.61 Å². The summed E-state index contributed by atoms with van der Waals surface area (Å²) in [5.74, 6) is -0.0302. The fourth-order valence-corrected chi connectivity index (χ4v) is 0.998. The summed E-state index contributed by atoms with van der Waals surface area (Å²) in [5, 5.41) is 0. The van der Waals surface area contributed by atoms with Crippen molar-refractivity contribution >= 4 is 5.78 Å². The zero-order valence-electron chi connectivity index (χ0n) is 9.70. The van der Waals surface area contributed by atoms with Gasteiger partial charge < -0.3 is 4.74 Å². The van der Waals surface area contributed by atoms with E-state index in [1.54, 1.807) is 12.3 Å². The number of Topliss-reactive ketones (excluding diaryl/α,β-unsaturated/α-hetero) is 1. The summed E-state index contributed by atoms with van der Waals surface area (Å²) in [7, 11) is 0. The Morgan fingerprint density at radius 1 is 1.40 bits per heavy atom. The average Bonchev–Trinajstić information content (AvgIpc) is 2.14. The minimum absolute atomic E-state index is 0.0302. The highest BCUT2D eigenvalue weighted by Gasteiger charge is 2.14. The van der Waals surface area contributed by atoms with Crippen molar-refractivity contribution in [3.63, 3.8) is 0 Å². The van der Waals surface area contributed by atoms with E-state index in [1.807, 2.05) is 33.8 Å². The van der Waals surface area contributed by atoms with E-state index in [2.05, 4.69) is 4.98 Å². The molecule has 3 nitrogen and oxygen atoms in total. The minimum Gasteiger partial charge on any atom is -0.368 e. The number of carbonyl (C=O) groups excluding carboxylic acids is 1. The van der Waals surface area contributed by atoms with Gasteiger partial charge in [-0.2, -0.15) is 0 Å². The third-order valence-electron chi connectivity index (χ3n) is 1.87. The van der Waals surface area contributed by atoms with E-state index in [0.717, 1.165) is 5.69 Å². The van der Waals surface area contributed by atoms with Crippen LogP contribution in [0.25, 0.3) is 0 Å². The predicted molar refractivity (Wildman–Crippen MR) is 59.0 cm³/mol. The molecule has 15 heavy (non-hydrogen) atoms. The number of aryl methyl sites for hydroxylation is 1. The van der Waals surface area contributed by atoms with Crippen molar-refractivity contribution in [2.75, 3.05) is 6.61 Å². The van der Waals surface area contributed by atoms with Crippen LogP contribution < -0.4 is 0 Å². The first-order chi connectivity index (χ1) is 6.88. The Morgan fingerprint density at radius 3 is 2.53 bits per heavy atom. The lowest BCUT2D eigenvalue weighted by Crippen LogP contribution is -2.23. The Balaban J connectivity index is 2.58. The molecule has 0 N–H and O–H groups in total. The molecule has 0 aliphatic carbocycles. The Bertz CT molecular complexity index is 336. The van der Waals surface area contributed by atoms with Gasteiger partial charge in [-0.3, -0.25) is 9.78 Å². The molecule has 82 valence electrons. The van der Waals surface area contributed by atoms with Crippen LogP contribution in [0.1, 0.15) is 36.8 Å². The van der Waals surface area contributed by atoms with Crippen LogP contribution in [-0.2, 0) is 4.74 Å². The second-order valence-electron chi connectivity index (χ2n) is 4.51. The number of pyridine rings is 1. The Morgan fingerprint density at radius 2 is 2.07 bits per heavy atom. The van der Waals surface area contributed by atoms with E-state index in [4.69, 9.17) is 4.74 Å². The zero-order valence-corrected chi connectivity index (χ0v) is 9.70. The molecule has 0 radical (unpaired) electrons. The molecule has 1 heterocycles. The van der Waals surface area contributed by atoms with Crippen LogP contribution in [0.15, 0.2) is 18.3 Å². The molecule has 0 unspecified atom stereocenters. The maximum atomic E-state index is 11.6. The van der Waals surface area contributed by atoms with Crippen molar-refractivity contribution in [1.29, 1.82) is 0 Å². The van der Waals surface area contributed by atoms with Crippen molar-refractivity contribution in [2.24, 2.45) is 0 Å². The van der Waals surface area contributed by atoms with Crippen molar-refractivity contribution in [3.8, 4) is 0 Å². The quantitative estimate of drug-likeness (QED) is 0.714. The lowest BCUT2D eigenvalue weighted by molar-refractivity contribution is 0.00305. The summed E-state index contributed by atoms with van der Waals surface area (Å²) in [4.78, 5) is 15.7. The van der Waals surface area contributed by atoms with Gasteiger partial charge in [0.25, 0.3) is 0 Å². The Hall–Kier alpha value is -1.22. The van der Waals surface area contributed by atoms with Gasteiger partial charge in [-0.25, -0.2) is 0 Å². The summed E-state index contributed by atoms with van der Waals surface area (Å²) >= 11 is 0. The molecule has 0 aromatic carbocycles. The van der Waals surface area contributed by atoms with E-state index in [9.17, 15) is 4.79 Å². The van der Waals surface area contributed by atoms with Crippen LogP contribution in [0, 0.1) is 6.92 Å². The molecular formula is C12H17NO2. The number of rotatable bonds is 3. The third-order valence-corrected chi connectivity index (χ3v) is 1.87. The number of nitrogens with zero attached hydrogens (tertiary/aromatic N) is 1. The van der Waals surface area contributed by atoms with Crippen LogP contribution in [-0.4, -0.2) is 23.0 Å². The number of carbonyl (C=O) groups is 1. The summed E-state index contributed by atoms with van der Waals surface area (Å²) in [6.07, 6.45) is 1.59. The van der Waals surface area contributed by atoms with Crippen LogP contribution in [0.5, 0.6) is 0 Å². The summed E-state index contributed by atoms with van der Waals surface area (Å²) in [6.45, 7) is 7.77. The van der Waals surface area contributed by atoms with Crippen molar-refractivity contribution < 1.29 is 9.53 Å². The van der Waals surface area contributed by atoms with Crippen molar-refractivity contribution in [3.05, 3.63) is 29.6 Å². The van der Waals surface area contributed by atoms with Gasteiger partial charge >= 0.3 is 0 Å². The minimum atomic E-state index is -0.284. The lowest BCUT2D eigenvalue weighted by Gasteiger charge is -2.18. The summed E-state index contributed by atoms with van der Waals surface area (Å²) in [6, 6.07) is 3.60. The predicted octanol–water partition coefficient (Wildman–Crippen LogP) is 2.39. The molecule has 1 aromatic rings. The zero-order chi connectivity index (χ0) is 11.5. The van der Waals surface area contributed by atoms with Gasteiger partial charge in [0, 0.05) is 17.5 Å². The molecule has 0 spiro atoms. The number of ether oxygens (including phenoxy) is 1. The van der Waals surface area contributed by atoms with Crippen LogP contribution in [0.4, 0.5) is 0 Å². The Kier molecular flexibility index (Phi) is 3.58. The monoisotopic (exact) mass is 207 g/mol. The molecule has 0 atom stereocenters. The van der Waals surface area contributed by atoms with Crippen molar-refractivity contribution in [1.82, 2.24) is 4.98 Å². The molecular weight excluding hydrogens is 190 g/mol. The molecule has 0 amide bonds. The number of hydrogen-bond acceptors (Lipinski definition) is 3. The van der Waals surface area contributed by atoms with Gasteiger partial charge in [-0.05, 0) is 39.8 Å². The van der Waals surface area contributed by atoms with E-state index in [-0.39, 0.29) is 18.0 Å². The second kappa shape index (κ2) is 4.53. The fraction of sp³-hybridized carbons (Fsp3) is 0.500. The first-order valence-corrected chi connectivity index (χ1v) is 4.98. The fourth-order valence-electron chi connectivity index (χ4n) is 0.998. The SMILES string of the molecule is Cc1ccc(C(=O)COC(C)(C)C)cn1. The maximum absolute atomic E-state index is 11.6. The standard InChI is InChI=1S/C12H17NO2/c1-9-5-6-10(7-13-9)11(14)8-15-12(2,3)4/h5-7H,8H2,1-4H3. The normalized spacial score (nSPS) is 11.5. The van der Waals surface area contributed by atoms with E-state index in [0.29, 0.717) is 5.56 Å². The average molecular weight is 207 g/mol. The topological polar surface area (TPSA) is 39.2 Å². The van der Waals surface area contributed by atoms with Crippen LogP contribution in [0.3, 0.4) is 0 Å². The third kappa shape index (κ3) is 4.21. The van der Waals surface area contributed by atoms with Crippen molar-refractivity contribution in [2.45, 2.75) is 33.3 Å². The summed E-state index contributed by atoms with van der Waals surface area (Å²) < 4.78 is 5.40. The summed E-state index contributed by atoms with van der Waals surface area (Å²) in [5.41, 5.74) is 1.22. The smallest absolute Gasteiger partial charge is 0.190 e. The van der Waals surface area contributed by atoms with Gasteiger partial charge in [-0.15, -0.1) is 0 Å². The molecule has 0 aliphatic rings. The van der Waals surface area contributed by atoms with E-state index >= 15 is 0 Å². The molecule has 0 saturated heterocycles. The highest BCUT2D eigenvalue weighted by Crippen LogP contribution is 2.08. The molecule has 1 rings (SSSR count). The highest BCUT2D eigenvalue weighted by molar-refractivity contribution is 5.96. The first-order valence-electron chi connectivity index (χ1n) is 4.98.